The number of esters is 1. The van der Waals surface area contributed by atoms with Crippen LogP contribution in [0.15, 0.2) is 0 Å². The molecular weight excluding hydrogens is 973 g/mol. The summed E-state index contributed by atoms with van der Waals surface area (Å²) in [6.07, 6.45) is 3.22. The summed E-state index contributed by atoms with van der Waals surface area (Å²) in [6, 6.07) is -8.48. The molecule has 2 heterocycles. The van der Waals surface area contributed by atoms with E-state index >= 15 is 0 Å². The van der Waals surface area contributed by atoms with Crippen LogP contribution in [0.25, 0.3) is 0 Å². The highest BCUT2D eigenvalue weighted by Crippen LogP contribution is 2.28. The number of carbonyl (C=O) groups is 9. The number of hydrogen-bond acceptors (Lipinski definition) is 11. The summed E-state index contributed by atoms with van der Waals surface area (Å²) >= 11 is 0. The van der Waals surface area contributed by atoms with Crippen LogP contribution in [0, 0.1) is 47.3 Å². The zero-order valence-electron chi connectivity index (χ0n) is 50.3. The van der Waals surface area contributed by atoms with Crippen molar-refractivity contribution in [2.45, 2.75) is 223 Å². The van der Waals surface area contributed by atoms with Crippen LogP contribution in [0.2, 0.25) is 0 Å². The third-order valence-corrected chi connectivity index (χ3v) is 15.9. The molecule has 2 aliphatic rings. The average molecular weight is 1080 g/mol. The molecule has 0 unspecified atom stereocenters. The number of carbonyl (C=O) groups excluding carboxylic acids is 9. The molecule has 436 valence electrons. The highest BCUT2D eigenvalue weighted by molar-refractivity contribution is 5.98. The molecule has 76 heavy (non-hydrogen) atoms. The van der Waals surface area contributed by atoms with Gasteiger partial charge in [-0.1, -0.05) is 110 Å². The van der Waals surface area contributed by atoms with Gasteiger partial charge in [0.2, 0.25) is 41.4 Å². The van der Waals surface area contributed by atoms with Gasteiger partial charge in [0.25, 0.3) is 5.91 Å². The molecule has 2 aliphatic heterocycles. The molecule has 0 aromatic heterocycles. The van der Waals surface area contributed by atoms with Crippen LogP contribution in [-0.2, 0) is 47.9 Å². The molecule has 19 nitrogen and oxygen atoms in total. The number of ether oxygens (including phenoxy) is 1. The number of rotatable bonds is 16. The Morgan fingerprint density at radius 1 is 0.592 bits per heavy atom. The van der Waals surface area contributed by atoms with Gasteiger partial charge >= 0.3 is 5.97 Å². The van der Waals surface area contributed by atoms with Gasteiger partial charge < -0.3 is 50.3 Å². The van der Waals surface area contributed by atoms with Gasteiger partial charge in [0.1, 0.15) is 36.3 Å². The maximum Gasteiger partial charge on any atom is 0.332 e. The van der Waals surface area contributed by atoms with Gasteiger partial charge in [0.15, 0.2) is 12.1 Å². The van der Waals surface area contributed by atoms with E-state index in [4.69, 9.17) is 4.74 Å². The van der Waals surface area contributed by atoms with E-state index in [0.29, 0.717) is 37.5 Å². The molecule has 19 heteroatoms. The van der Waals surface area contributed by atoms with Gasteiger partial charge in [-0.25, -0.2) is 4.79 Å². The topological polar surface area (TPSA) is 235 Å². The van der Waals surface area contributed by atoms with E-state index in [1.54, 1.807) is 41.5 Å². The SMILES string of the molecule is CC[C@H](C)C[C@H](C)C[C@H](C)C[C@@H]1NC(=O)[C@H](C(C)C)N(C)C(=O)[C@@H]([C@H](C)CC)OC(=O)[C@H](C(C)(C)O)N(C)C(=O)[C@H](CC(C)C)NC(=O)[C@H](C(C)C)N(C)C(=O)[C@H]([C@H](C)CC)NC(=O)[C@@H]2CCCN2C(=O)CN(C)C1=O. The first kappa shape index (κ1) is 67.3. The lowest BCUT2D eigenvalue weighted by atomic mass is 9.86. The lowest BCUT2D eigenvalue weighted by Gasteiger charge is -2.39. The van der Waals surface area contributed by atoms with Gasteiger partial charge in [-0.15, -0.1) is 0 Å². The van der Waals surface area contributed by atoms with Crippen molar-refractivity contribution in [2.75, 3.05) is 41.3 Å². The molecule has 0 saturated carbocycles. The van der Waals surface area contributed by atoms with Crippen molar-refractivity contribution in [3.05, 3.63) is 0 Å². The Hall–Kier alpha value is -4.81. The largest absolute Gasteiger partial charge is 0.450 e. The van der Waals surface area contributed by atoms with Crippen molar-refractivity contribution >= 4 is 53.2 Å². The van der Waals surface area contributed by atoms with Crippen molar-refractivity contribution in [1.82, 2.24) is 40.4 Å². The van der Waals surface area contributed by atoms with Crippen molar-refractivity contribution in [1.29, 1.82) is 0 Å². The summed E-state index contributed by atoms with van der Waals surface area (Å²) in [5.74, 6) is -7.48. The molecule has 0 spiro atoms. The first-order valence-electron chi connectivity index (χ1n) is 28.3. The number of fused-ring (bicyclic) bond motifs is 1. The third kappa shape index (κ3) is 18.1. The standard InChI is InChI=1S/C57H102N8O11/c1-21-35(10)28-36(11)29-37(12)30-41-52(70)61(17)31-43(66)65-26-24-25-42(65)49(67)60-44(38(13)22-2)54(72)62(18)45(33(6)7)50(68)58-40(27-32(4)5)53(71)64(20)48(57(15,16)75)56(74)76-47(39(14)23-3)55(73)63(19)46(34(8)9)51(69)59-41/h32-42,44-48,75H,21-31H2,1-20H3,(H,58,68)(H,59,69)(H,60,67)/t35-,36-,37-,38+,39+,40-,41-,42-,44-,45-,46-,47+,48+/m0/s1. The number of nitrogens with zero attached hydrogens (tertiary/aromatic N) is 5. The predicted octanol–water partition coefficient (Wildman–Crippen LogP) is 5.01. The average Bonchev–Trinajstić information content (AvgIpc) is 3.82. The lowest BCUT2D eigenvalue weighted by molar-refractivity contribution is -0.177. The Bertz CT molecular complexity index is 1990. The van der Waals surface area contributed by atoms with Crippen LogP contribution in [-0.4, -0.2) is 178 Å². The molecule has 0 aromatic carbocycles. The van der Waals surface area contributed by atoms with E-state index < -0.39 is 137 Å². The number of aliphatic hydroxyl groups is 1. The molecule has 2 fully saturated rings. The third-order valence-electron chi connectivity index (χ3n) is 15.9. The Labute approximate surface area is 456 Å². The minimum atomic E-state index is -1.95. The normalized spacial score (nSPS) is 27.5. The number of amides is 8. The first-order chi connectivity index (χ1) is 35.2. The van der Waals surface area contributed by atoms with Crippen LogP contribution in [0.3, 0.4) is 0 Å². The lowest BCUT2D eigenvalue weighted by Crippen LogP contribution is -2.63. The second kappa shape index (κ2) is 29.8. The van der Waals surface area contributed by atoms with E-state index in [1.807, 2.05) is 34.6 Å². The summed E-state index contributed by atoms with van der Waals surface area (Å²) in [5.41, 5.74) is -1.95. The van der Waals surface area contributed by atoms with Crippen LogP contribution in [0.4, 0.5) is 0 Å². The molecule has 2 saturated heterocycles. The number of hydrogen-bond donors (Lipinski definition) is 4. The minimum Gasteiger partial charge on any atom is -0.450 e. The molecule has 4 N–H and O–H groups in total. The Balaban J connectivity index is 2.94. The summed E-state index contributed by atoms with van der Waals surface area (Å²) in [5, 5.41) is 20.4. The summed E-state index contributed by atoms with van der Waals surface area (Å²) in [6.45, 7) is 28.9. The van der Waals surface area contributed by atoms with E-state index in [0.717, 1.165) is 24.2 Å². The van der Waals surface area contributed by atoms with E-state index in [9.17, 15) is 48.3 Å². The molecule has 0 radical (unpaired) electrons. The Morgan fingerprint density at radius 3 is 1.57 bits per heavy atom. The predicted molar refractivity (Wildman–Crippen MR) is 294 cm³/mol. The monoisotopic (exact) mass is 1070 g/mol. The van der Waals surface area contributed by atoms with Crippen molar-refractivity contribution in [3.8, 4) is 0 Å². The maximum absolute atomic E-state index is 14.8. The number of nitrogens with one attached hydrogen (secondary N) is 3. The van der Waals surface area contributed by atoms with Gasteiger partial charge in [-0.2, -0.15) is 0 Å². The van der Waals surface area contributed by atoms with Crippen LogP contribution < -0.4 is 16.0 Å². The zero-order chi connectivity index (χ0) is 58.4. The van der Waals surface area contributed by atoms with Gasteiger partial charge in [-0.3, -0.25) is 38.4 Å². The zero-order valence-corrected chi connectivity index (χ0v) is 50.3. The minimum absolute atomic E-state index is 0.0564. The quantitative estimate of drug-likeness (QED) is 0.150. The van der Waals surface area contributed by atoms with Crippen molar-refractivity contribution in [3.63, 3.8) is 0 Å². The van der Waals surface area contributed by atoms with Gasteiger partial charge in [0, 0.05) is 40.7 Å². The summed E-state index contributed by atoms with van der Waals surface area (Å²) in [4.78, 5) is 138. The molecule has 0 bridgehead atoms. The summed E-state index contributed by atoms with van der Waals surface area (Å²) in [7, 11) is 5.68. The summed E-state index contributed by atoms with van der Waals surface area (Å²) < 4.78 is 6.08. The second-order valence-electron chi connectivity index (χ2n) is 24.5. The van der Waals surface area contributed by atoms with Crippen molar-refractivity contribution < 1.29 is 53.0 Å². The molecule has 2 rings (SSSR count). The van der Waals surface area contributed by atoms with Gasteiger partial charge in [-0.05, 0) is 100 Å². The van der Waals surface area contributed by atoms with E-state index in [-0.39, 0.29) is 31.2 Å². The fourth-order valence-corrected chi connectivity index (χ4v) is 11.1. The highest BCUT2D eigenvalue weighted by Gasteiger charge is 2.47. The Morgan fingerprint density at radius 2 is 1.09 bits per heavy atom. The first-order valence-corrected chi connectivity index (χ1v) is 28.3. The Kier molecular flexibility index (Phi) is 26.4. The molecule has 0 aliphatic carbocycles. The number of cyclic esters (lactones) is 1. The van der Waals surface area contributed by atoms with Gasteiger partial charge in [0.05, 0.1) is 12.1 Å². The maximum atomic E-state index is 14.8. The van der Waals surface area contributed by atoms with E-state index in [1.165, 1.54) is 61.6 Å². The van der Waals surface area contributed by atoms with Crippen LogP contribution in [0.1, 0.15) is 169 Å². The fourth-order valence-electron chi connectivity index (χ4n) is 11.1. The van der Waals surface area contributed by atoms with E-state index in [2.05, 4.69) is 36.7 Å². The highest BCUT2D eigenvalue weighted by atomic mass is 16.6. The molecule has 13 atom stereocenters. The van der Waals surface area contributed by atoms with Crippen LogP contribution >= 0.6 is 0 Å². The fraction of sp³-hybridized carbons (Fsp3) is 0.842. The second-order valence-corrected chi connectivity index (χ2v) is 24.5. The molecule has 8 amide bonds. The van der Waals surface area contributed by atoms with Crippen LogP contribution in [0.5, 0.6) is 0 Å². The molecule has 0 aromatic rings. The van der Waals surface area contributed by atoms with Crippen molar-refractivity contribution in [2.24, 2.45) is 47.3 Å². The molecular formula is C57H102N8O11. The number of likely N-dealkylation sites (N-methyl/N-ethyl adjacent to an activating group) is 4. The smallest absolute Gasteiger partial charge is 0.332 e.